The van der Waals surface area contributed by atoms with E-state index in [4.69, 9.17) is 5.73 Å². The lowest BCUT2D eigenvalue weighted by molar-refractivity contribution is 0.154. The molecule has 0 saturated carbocycles. The van der Waals surface area contributed by atoms with Crippen molar-refractivity contribution in [3.8, 4) is 0 Å². The first-order chi connectivity index (χ1) is 5.92. The minimum atomic E-state index is -0.691. The third-order valence-electron chi connectivity index (χ3n) is 1.47. The first-order valence-electron chi connectivity index (χ1n) is 4.59. The van der Waals surface area contributed by atoms with Gasteiger partial charge in [-0.05, 0) is 40.2 Å². The third kappa shape index (κ3) is 14.1. The van der Waals surface area contributed by atoms with E-state index in [0.29, 0.717) is 6.61 Å². The van der Waals surface area contributed by atoms with Crippen molar-refractivity contribution in [1.29, 1.82) is 0 Å². The van der Waals surface area contributed by atoms with Crippen molar-refractivity contribution in [2.75, 3.05) is 13.2 Å². The van der Waals surface area contributed by atoms with E-state index in [1.54, 1.807) is 0 Å². The molecular formula is C9H21ClN2O2. The van der Waals surface area contributed by atoms with Crippen LogP contribution in [0.15, 0.2) is 0 Å². The molecule has 14 heavy (non-hydrogen) atoms. The summed E-state index contributed by atoms with van der Waals surface area (Å²) in [5.41, 5.74) is 4.96. The summed E-state index contributed by atoms with van der Waals surface area (Å²) in [6.45, 7) is 7.71. The maximum Gasteiger partial charge on any atom is 0.404 e. The molecule has 0 radical (unpaired) electrons. The van der Waals surface area contributed by atoms with Gasteiger partial charge in [0.25, 0.3) is 0 Å². The number of hydrogen-bond donors (Lipinski definition) is 2. The van der Waals surface area contributed by atoms with Gasteiger partial charge in [0.1, 0.15) is 0 Å². The fraction of sp³-hybridized carbons (Fsp3) is 0.889. The molecule has 0 aromatic carbocycles. The zero-order valence-electron chi connectivity index (χ0n) is 9.13. The van der Waals surface area contributed by atoms with Crippen LogP contribution in [0.2, 0.25) is 0 Å². The number of unbranched alkanes of at least 4 members (excludes halogenated alkanes) is 1. The fourth-order valence-electron chi connectivity index (χ4n) is 0.863. The van der Waals surface area contributed by atoms with Crippen LogP contribution in [0.4, 0.5) is 4.79 Å². The highest BCUT2D eigenvalue weighted by atomic mass is 35.5. The normalized spacial score (nSPS) is 10.5. The predicted molar refractivity (Wildman–Crippen MR) is 59.8 cm³/mol. The average Bonchev–Trinajstić information content (AvgIpc) is 1.93. The Balaban J connectivity index is 0. The number of amides is 1. The van der Waals surface area contributed by atoms with Crippen LogP contribution in [0.3, 0.4) is 0 Å². The summed E-state index contributed by atoms with van der Waals surface area (Å²) in [6, 6.07) is 0. The van der Waals surface area contributed by atoms with Crippen molar-refractivity contribution in [2.24, 2.45) is 5.73 Å². The molecular weight excluding hydrogens is 204 g/mol. The summed E-state index contributed by atoms with van der Waals surface area (Å²) in [5, 5.41) is 3.34. The van der Waals surface area contributed by atoms with Crippen LogP contribution < -0.4 is 11.1 Å². The first-order valence-corrected chi connectivity index (χ1v) is 4.59. The summed E-state index contributed by atoms with van der Waals surface area (Å²) in [7, 11) is 0. The molecule has 0 unspecified atom stereocenters. The number of ether oxygens (including phenoxy) is 1. The number of nitrogens with two attached hydrogens (primary N) is 1. The summed E-state index contributed by atoms with van der Waals surface area (Å²) in [4.78, 5) is 10.2. The second kappa shape index (κ2) is 7.88. The van der Waals surface area contributed by atoms with E-state index < -0.39 is 6.09 Å². The van der Waals surface area contributed by atoms with Crippen molar-refractivity contribution in [3.63, 3.8) is 0 Å². The van der Waals surface area contributed by atoms with E-state index in [9.17, 15) is 4.79 Å². The Morgan fingerprint density at radius 1 is 1.36 bits per heavy atom. The smallest absolute Gasteiger partial charge is 0.404 e. The van der Waals surface area contributed by atoms with Gasteiger partial charge in [0.15, 0.2) is 0 Å². The first kappa shape index (κ1) is 16.0. The molecule has 0 atom stereocenters. The van der Waals surface area contributed by atoms with Gasteiger partial charge >= 0.3 is 6.09 Å². The van der Waals surface area contributed by atoms with Gasteiger partial charge in [-0.15, -0.1) is 12.4 Å². The van der Waals surface area contributed by atoms with Crippen molar-refractivity contribution in [2.45, 2.75) is 39.2 Å². The molecule has 0 aliphatic carbocycles. The van der Waals surface area contributed by atoms with E-state index in [2.05, 4.69) is 30.8 Å². The Morgan fingerprint density at radius 2 is 1.93 bits per heavy atom. The van der Waals surface area contributed by atoms with Crippen LogP contribution in [-0.2, 0) is 4.74 Å². The number of primary amides is 1. The summed E-state index contributed by atoms with van der Waals surface area (Å²) < 4.78 is 4.59. The van der Waals surface area contributed by atoms with Gasteiger partial charge in [-0.25, -0.2) is 4.79 Å². The van der Waals surface area contributed by atoms with Crippen molar-refractivity contribution < 1.29 is 9.53 Å². The van der Waals surface area contributed by atoms with E-state index >= 15 is 0 Å². The monoisotopic (exact) mass is 224 g/mol. The molecule has 3 N–H and O–H groups in total. The van der Waals surface area contributed by atoms with Gasteiger partial charge in [0.05, 0.1) is 6.61 Å². The fourth-order valence-corrected chi connectivity index (χ4v) is 0.863. The van der Waals surface area contributed by atoms with Gasteiger partial charge in [-0.3, -0.25) is 0 Å². The highest BCUT2D eigenvalue weighted by Crippen LogP contribution is 1.99. The molecule has 0 aliphatic rings. The quantitative estimate of drug-likeness (QED) is 0.699. The van der Waals surface area contributed by atoms with Crippen molar-refractivity contribution >= 4 is 18.5 Å². The van der Waals surface area contributed by atoms with E-state index in [0.717, 1.165) is 19.4 Å². The maximum absolute atomic E-state index is 10.2. The van der Waals surface area contributed by atoms with Crippen LogP contribution >= 0.6 is 12.4 Å². The number of carbonyl (C=O) groups is 1. The summed E-state index contributed by atoms with van der Waals surface area (Å²) in [5.74, 6) is 0. The average molecular weight is 225 g/mol. The number of nitrogens with one attached hydrogen (secondary N) is 1. The minimum Gasteiger partial charge on any atom is -0.450 e. The Labute approximate surface area is 92.0 Å². The molecule has 5 heteroatoms. The SMILES string of the molecule is CC(C)(C)NCCCCOC(N)=O.Cl. The van der Waals surface area contributed by atoms with E-state index in [-0.39, 0.29) is 17.9 Å². The zero-order chi connectivity index (χ0) is 10.3. The largest absolute Gasteiger partial charge is 0.450 e. The van der Waals surface area contributed by atoms with Gasteiger partial charge in [0.2, 0.25) is 0 Å². The summed E-state index contributed by atoms with van der Waals surface area (Å²) in [6.07, 6.45) is 1.15. The van der Waals surface area contributed by atoms with E-state index in [1.807, 2.05) is 0 Å². The lowest BCUT2D eigenvalue weighted by atomic mass is 10.1. The number of carbonyl (C=O) groups excluding carboxylic acids is 1. The second-order valence-electron chi connectivity index (χ2n) is 4.05. The van der Waals surface area contributed by atoms with Crippen molar-refractivity contribution in [3.05, 3.63) is 0 Å². The summed E-state index contributed by atoms with van der Waals surface area (Å²) >= 11 is 0. The highest BCUT2D eigenvalue weighted by molar-refractivity contribution is 5.85. The molecule has 86 valence electrons. The van der Waals surface area contributed by atoms with E-state index in [1.165, 1.54) is 0 Å². The molecule has 1 amide bonds. The van der Waals surface area contributed by atoms with Gasteiger partial charge in [-0.2, -0.15) is 0 Å². The van der Waals surface area contributed by atoms with Crippen LogP contribution in [0.25, 0.3) is 0 Å². The molecule has 4 nitrogen and oxygen atoms in total. The molecule has 0 aromatic rings. The molecule has 0 aromatic heterocycles. The lowest BCUT2D eigenvalue weighted by Gasteiger charge is -2.20. The molecule has 0 bridgehead atoms. The molecule has 0 saturated heterocycles. The van der Waals surface area contributed by atoms with Gasteiger partial charge in [-0.1, -0.05) is 0 Å². The molecule has 0 rings (SSSR count). The van der Waals surface area contributed by atoms with Crippen LogP contribution in [0.1, 0.15) is 33.6 Å². The van der Waals surface area contributed by atoms with Crippen LogP contribution in [0.5, 0.6) is 0 Å². The molecule has 0 fully saturated rings. The van der Waals surface area contributed by atoms with Crippen LogP contribution in [0, 0.1) is 0 Å². The number of hydrogen-bond acceptors (Lipinski definition) is 3. The molecule has 0 spiro atoms. The number of rotatable bonds is 5. The Kier molecular flexibility index (Phi) is 8.99. The Hall–Kier alpha value is -0.480. The second-order valence-corrected chi connectivity index (χ2v) is 4.05. The highest BCUT2D eigenvalue weighted by Gasteiger charge is 2.06. The lowest BCUT2D eigenvalue weighted by Crippen LogP contribution is -2.36. The molecule has 0 heterocycles. The number of halogens is 1. The predicted octanol–water partition coefficient (Wildman–Crippen LogP) is 1.67. The Bertz CT molecular complexity index is 157. The zero-order valence-corrected chi connectivity index (χ0v) is 9.95. The minimum absolute atomic E-state index is 0. The van der Waals surface area contributed by atoms with Gasteiger partial charge < -0.3 is 15.8 Å². The third-order valence-corrected chi connectivity index (χ3v) is 1.47. The Morgan fingerprint density at radius 3 is 2.36 bits per heavy atom. The maximum atomic E-state index is 10.2. The topological polar surface area (TPSA) is 64.3 Å². The van der Waals surface area contributed by atoms with Crippen molar-refractivity contribution in [1.82, 2.24) is 5.32 Å². The molecule has 0 aliphatic heterocycles. The van der Waals surface area contributed by atoms with Gasteiger partial charge in [0, 0.05) is 5.54 Å². The standard InChI is InChI=1S/C9H20N2O2.ClH/c1-9(2,3)11-6-4-5-7-13-8(10)12;/h11H,4-7H2,1-3H3,(H2,10,12);1H. The van der Waals surface area contributed by atoms with Crippen LogP contribution in [-0.4, -0.2) is 24.8 Å².